The van der Waals surface area contributed by atoms with Crippen LogP contribution in [0.25, 0.3) is 0 Å². The summed E-state index contributed by atoms with van der Waals surface area (Å²) in [4.78, 5) is 1.28. The van der Waals surface area contributed by atoms with Crippen molar-refractivity contribution < 1.29 is 0 Å². The first-order chi connectivity index (χ1) is 6.11. The van der Waals surface area contributed by atoms with E-state index in [-0.39, 0.29) is 18.4 Å². The zero-order valence-electron chi connectivity index (χ0n) is 8.50. The van der Waals surface area contributed by atoms with Gasteiger partial charge in [-0.3, -0.25) is 0 Å². The van der Waals surface area contributed by atoms with Crippen molar-refractivity contribution in [2.24, 2.45) is 11.7 Å². The molecule has 1 rings (SSSR count). The molecule has 0 aliphatic heterocycles. The third kappa shape index (κ3) is 4.30. The smallest absolute Gasteiger partial charge is 0.0401 e. The van der Waals surface area contributed by atoms with Gasteiger partial charge in [-0.1, -0.05) is 13.8 Å². The van der Waals surface area contributed by atoms with Crippen LogP contribution in [0.1, 0.15) is 37.6 Å². The lowest BCUT2D eigenvalue weighted by Crippen LogP contribution is -2.09. The second kappa shape index (κ2) is 6.83. The van der Waals surface area contributed by atoms with Crippen LogP contribution in [0, 0.1) is 5.92 Å². The van der Waals surface area contributed by atoms with Crippen LogP contribution in [0.4, 0.5) is 0 Å². The normalized spacial score (nSPS) is 12.6. The number of hydrogen-bond donors (Lipinski definition) is 1. The van der Waals surface area contributed by atoms with Crippen molar-refractivity contribution >= 4 is 39.7 Å². The lowest BCUT2D eigenvalue weighted by molar-refractivity contribution is 0.510. The van der Waals surface area contributed by atoms with Crippen LogP contribution in [-0.2, 0) is 0 Å². The Morgan fingerprint density at radius 2 is 2.07 bits per heavy atom. The van der Waals surface area contributed by atoms with Crippen LogP contribution >= 0.6 is 39.7 Å². The van der Waals surface area contributed by atoms with Crippen LogP contribution < -0.4 is 5.73 Å². The molecule has 0 saturated heterocycles. The van der Waals surface area contributed by atoms with Gasteiger partial charge < -0.3 is 5.73 Å². The van der Waals surface area contributed by atoms with Gasteiger partial charge in [0.15, 0.2) is 0 Å². The standard InChI is InChI=1S/C10H16BrNS.ClH/c1-7(2)3-4-9(12)10-8(11)5-6-13-10;/h5-7,9H,3-4,12H2,1-2H3;1H/t9-;/m1./s1. The minimum atomic E-state index is 0. The largest absolute Gasteiger partial charge is 0.323 e. The van der Waals surface area contributed by atoms with Crippen molar-refractivity contribution in [3.8, 4) is 0 Å². The molecule has 1 atom stereocenters. The van der Waals surface area contributed by atoms with Crippen molar-refractivity contribution in [1.29, 1.82) is 0 Å². The number of rotatable bonds is 4. The fourth-order valence-corrected chi connectivity index (χ4v) is 2.92. The number of nitrogens with two attached hydrogens (primary N) is 1. The Balaban J connectivity index is 0.00000169. The highest BCUT2D eigenvalue weighted by Gasteiger charge is 2.11. The first-order valence-corrected chi connectivity index (χ1v) is 6.27. The second-order valence-electron chi connectivity index (χ2n) is 3.71. The Kier molecular flexibility index (Phi) is 7.04. The Labute approximate surface area is 105 Å². The maximum Gasteiger partial charge on any atom is 0.0401 e. The van der Waals surface area contributed by atoms with E-state index >= 15 is 0 Å². The molecule has 0 radical (unpaired) electrons. The summed E-state index contributed by atoms with van der Waals surface area (Å²) >= 11 is 5.24. The molecule has 4 heteroatoms. The van der Waals surface area contributed by atoms with Gasteiger partial charge in [-0.05, 0) is 46.1 Å². The topological polar surface area (TPSA) is 26.0 Å². The molecule has 1 aromatic rings. The van der Waals surface area contributed by atoms with Gasteiger partial charge in [-0.25, -0.2) is 0 Å². The Bertz CT molecular complexity index is 262. The molecule has 1 aromatic heterocycles. The van der Waals surface area contributed by atoms with Gasteiger partial charge in [0.2, 0.25) is 0 Å². The zero-order chi connectivity index (χ0) is 9.84. The lowest BCUT2D eigenvalue weighted by atomic mass is 10.0. The van der Waals surface area contributed by atoms with E-state index in [1.807, 2.05) is 0 Å². The van der Waals surface area contributed by atoms with Crippen LogP contribution in [0.15, 0.2) is 15.9 Å². The van der Waals surface area contributed by atoms with Crippen molar-refractivity contribution in [3.05, 3.63) is 20.8 Å². The molecule has 0 fully saturated rings. The molecule has 0 amide bonds. The summed E-state index contributed by atoms with van der Waals surface area (Å²) < 4.78 is 1.16. The summed E-state index contributed by atoms with van der Waals surface area (Å²) in [7, 11) is 0. The quantitative estimate of drug-likeness (QED) is 0.877. The second-order valence-corrected chi connectivity index (χ2v) is 5.51. The van der Waals surface area contributed by atoms with Gasteiger partial charge >= 0.3 is 0 Å². The van der Waals surface area contributed by atoms with Gasteiger partial charge in [-0.15, -0.1) is 23.7 Å². The number of hydrogen-bond acceptors (Lipinski definition) is 2. The molecule has 0 spiro atoms. The highest BCUT2D eigenvalue weighted by Crippen LogP contribution is 2.30. The molecule has 0 aromatic carbocycles. The van der Waals surface area contributed by atoms with Gasteiger partial charge in [-0.2, -0.15) is 0 Å². The number of halogens is 2. The summed E-state index contributed by atoms with van der Waals surface area (Å²) in [5, 5.41) is 2.08. The van der Waals surface area contributed by atoms with E-state index in [4.69, 9.17) is 5.73 Å². The molecule has 0 unspecified atom stereocenters. The summed E-state index contributed by atoms with van der Waals surface area (Å²) in [5.41, 5.74) is 6.07. The Hall–Kier alpha value is 0.430. The highest BCUT2D eigenvalue weighted by atomic mass is 79.9. The summed E-state index contributed by atoms with van der Waals surface area (Å²) in [5.74, 6) is 0.741. The minimum Gasteiger partial charge on any atom is -0.323 e. The van der Waals surface area contributed by atoms with Crippen LogP contribution in [0.5, 0.6) is 0 Å². The number of thiophene rings is 1. The van der Waals surface area contributed by atoms with Crippen LogP contribution in [0.2, 0.25) is 0 Å². The van der Waals surface area contributed by atoms with Gasteiger partial charge in [0.25, 0.3) is 0 Å². The van der Waals surface area contributed by atoms with Crippen LogP contribution in [-0.4, -0.2) is 0 Å². The van der Waals surface area contributed by atoms with E-state index in [9.17, 15) is 0 Å². The van der Waals surface area contributed by atoms with Crippen molar-refractivity contribution in [2.45, 2.75) is 32.7 Å². The third-order valence-electron chi connectivity index (χ3n) is 2.04. The van der Waals surface area contributed by atoms with E-state index in [0.717, 1.165) is 16.8 Å². The van der Waals surface area contributed by atoms with Crippen molar-refractivity contribution in [3.63, 3.8) is 0 Å². The minimum absolute atomic E-state index is 0. The molecular weight excluding hydrogens is 282 g/mol. The van der Waals surface area contributed by atoms with Crippen molar-refractivity contribution in [1.82, 2.24) is 0 Å². The fourth-order valence-electron chi connectivity index (χ4n) is 1.21. The molecule has 0 aliphatic rings. The molecular formula is C10H17BrClNS. The molecule has 1 heterocycles. The third-order valence-corrected chi connectivity index (χ3v) is 4.04. The molecule has 0 saturated carbocycles. The van der Waals surface area contributed by atoms with Crippen LogP contribution in [0.3, 0.4) is 0 Å². The van der Waals surface area contributed by atoms with Crippen molar-refractivity contribution in [2.75, 3.05) is 0 Å². The predicted molar refractivity (Wildman–Crippen MR) is 70.3 cm³/mol. The van der Waals surface area contributed by atoms with E-state index < -0.39 is 0 Å². The molecule has 0 bridgehead atoms. The SMILES string of the molecule is CC(C)CC[C@@H](N)c1sccc1Br.Cl. The first kappa shape index (κ1) is 14.4. The molecule has 14 heavy (non-hydrogen) atoms. The average Bonchev–Trinajstić information content (AvgIpc) is 2.47. The highest BCUT2D eigenvalue weighted by molar-refractivity contribution is 9.10. The van der Waals surface area contributed by atoms with Gasteiger partial charge in [0.1, 0.15) is 0 Å². The van der Waals surface area contributed by atoms with Gasteiger partial charge in [0, 0.05) is 15.4 Å². The van der Waals surface area contributed by atoms with E-state index in [1.54, 1.807) is 11.3 Å². The van der Waals surface area contributed by atoms with E-state index in [0.29, 0.717) is 0 Å². The monoisotopic (exact) mass is 297 g/mol. The maximum atomic E-state index is 6.07. The first-order valence-electron chi connectivity index (χ1n) is 4.59. The Morgan fingerprint density at radius 3 is 2.50 bits per heavy atom. The predicted octanol–water partition coefficient (Wildman–Crippen LogP) is 4.37. The van der Waals surface area contributed by atoms with Gasteiger partial charge in [0.05, 0.1) is 0 Å². The van der Waals surface area contributed by atoms with E-state index in [1.165, 1.54) is 11.3 Å². The van der Waals surface area contributed by atoms with E-state index in [2.05, 4.69) is 41.2 Å². The summed E-state index contributed by atoms with van der Waals surface area (Å²) in [6.45, 7) is 4.46. The zero-order valence-corrected chi connectivity index (χ0v) is 11.7. The molecule has 0 aliphatic carbocycles. The average molecular weight is 299 g/mol. The molecule has 2 N–H and O–H groups in total. The molecule has 82 valence electrons. The Morgan fingerprint density at radius 1 is 1.43 bits per heavy atom. The maximum absolute atomic E-state index is 6.07. The lowest BCUT2D eigenvalue weighted by Gasteiger charge is -2.11. The molecule has 1 nitrogen and oxygen atoms in total. The fraction of sp³-hybridized carbons (Fsp3) is 0.600. The summed E-state index contributed by atoms with van der Waals surface area (Å²) in [6.07, 6.45) is 2.28. The summed E-state index contributed by atoms with van der Waals surface area (Å²) in [6, 6.07) is 2.27.